The van der Waals surface area contributed by atoms with E-state index in [1.807, 2.05) is 13.1 Å². The number of amidine groups is 1. The van der Waals surface area contributed by atoms with E-state index in [0.29, 0.717) is 6.67 Å². The maximum Gasteiger partial charge on any atom is 0.127 e. The Bertz CT molecular complexity index is 170. The second-order valence-electron chi connectivity index (χ2n) is 2.23. The lowest BCUT2D eigenvalue weighted by atomic mass is 10.3. The van der Waals surface area contributed by atoms with Crippen LogP contribution >= 0.6 is 0 Å². The van der Waals surface area contributed by atoms with Crippen molar-refractivity contribution < 1.29 is 0 Å². The maximum atomic E-state index is 4.23. The first-order chi connectivity index (χ1) is 4.84. The first-order valence-electron chi connectivity index (χ1n) is 3.53. The highest BCUT2D eigenvalue weighted by molar-refractivity contribution is 5.98. The summed E-state index contributed by atoms with van der Waals surface area (Å²) in [5.41, 5.74) is 1.17. The van der Waals surface area contributed by atoms with E-state index in [2.05, 4.69) is 22.5 Å². The monoisotopic (exact) mass is 139 g/mol. The average Bonchev–Trinajstić information content (AvgIpc) is 1.94. The number of nitrogens with one attached hydrogen (secondary N) is 2. The molecule has 0 radical (unpaired) electrons. The van der Waals surface area contributed by atoms with Crippen molar-refractivity contribution in [3.63, 3.8) is 0 Å². The van der Waals surface area contributed by atoms with Gasteiger partial charge in [0.15, 0.2) is 0 Å². The van der Waals surface area contributed by atoms with Crippen LogP contribution in [0.25, 0.3) is 0 Å². The summed E-state index contributed by atoms with van der Waals surface area (Å²) in [6.07, 6.45) is 1.98. The normalized spacial score (nSPS) is 17.0. The minimum Gasteiger partial charge on any atom is -0.372 e. The van der Waals surface area contributed by atoms with Crippen molar-refractivity contribution in [3.05, 3.63) is 11.8 Å². The molecule has 0 aromatic heterocycles. The number of hydrogen-bond donors (Lipinski definition) is 2. The largest absolute Gasteiger partial charge is 0.372 e. The molecule has 0 bridgehead atoms. The average molecular weight is 139 g/mol. The van der Waals surface area contributed by atoms with E-state index in [1.165, 1.54) is 5.57 Å². The molecule has 1 rings (SSSR count). The van der Waals surface area contributed by atoms with Crippen molar-refractivity contribution in [3.8, 4) is 0 Å². The van der Waals surface area contributed by atoms with Gasteiger partial charge in [0, 0.05) is 18.3 Å². The van der Waals surface area contributed by atoms with Gasteiger partial charge in [0.05, 0.1) is 0 Å². The molecule has 0 saturated heterocycles. The molecule has 10 heavy (non-hydrogen) atoms. The van der Waals surface area contributed by atoms with Gasteiger partial charge in [-0.2, -0.15) is 0 Å². The molecule has 0 fully saturated rings. The summed E-state index contributed by atoms with van der Waals surface area (Å²) < 4.78 is 0. The Balaban J connectivity index is 2.56. The summed E-state index contributed by atoms with van der Waals surface area (Å²) in [5.74, 6) is 1.02. The van der Waals surface area contributed by atoms with Crippen LogP contribution in [0, 0.1) is 0 Å². The zero-order chi connectivity index (χ0) is 7.40. The van der Waals surface area contributed by atoms with E-state index in [-0.39, 0.29) is 0 Å². The van der Waals surface area contributed by atoms with Crippen molar-refractivity contribution >= 4 is 5.84 Å². The van der Waals surface area contributed by atoms with Crippen LogP contribution in [0.2, 0.25) is 0 Å². The van der Waals surface area contributed by atoms with Gasteiger partial charge in [0.2, 0.25) is 0 Å². The molecule has 2 N–H and O–H groups in total. The number of nitrogens with zero attached hydrogens (tertiary/aromatic N) is 1. The zero-order valence-electron chi connectivity index (χ0n) is 6.44. The fraction of sp³-hybridized carbons (Fsp3) is 0.571. The second-order valence-corrected chi connectivity index (χ2v) is 2.23. The lowest BCUT2D eigenvalue weighted by Crippen LogP contribution is -2.29. The molecule has 1 aliphatic heterocycles. The highest BCUT2D eigenvalue weighted by Gasteiger charge is 2.02. The first kappa shape index (κ1) is 7.12. The smallest absolute Gasteiger partial charge is 0.127 e. The van der Waals surface area contributed by atoms with E-state index < -0.39 is 0 Å². The van der Waals surface area contributed by atoms with Crippen LogP contribution < -0.4 is 10.6 Å². The SMILES string of the molecule is CCNC1=NCNC=C1C. The second kappa shape index (κ2) is 3.25. The molecule has 3 heteroatoms. The summed E-state index contributed by atoms with van der Waals surface area (Å²) in [5, 5.41) is 6.21. The van der Waals surface area contributed by atoms with Gasteiger partial charge in [-0.25, -0.2) is 4.99 Å². The zero-order valence-corrected chi connectivity index (χ0v) is 6.44. The highest BCUT2D eigenvalue weighted by Crippen LogP contribution is 1.96. The molecule has 0 amide bonds. The van der Waals surface area contributed by atoms with Crippen LogP contribution in [0.1, 0.15) is 13.8 Å². The fourth-order valence-electron chi connectivity index (χ4n) is 0.879. The molecule has 0 unspecified atom stereocenters. The van der Waals surface area contributed by atoms with Gasteiger partial charge >= 0.3 is 0 Å². The molecule has 0 aliphatic carbocycles. The van der Waals surface area contributed by atoms with E-state index in [1.54, 1.807) is 0 Å². The maximum absolute atomic E-state index is 4.23. The van der Waals surface area contributed by atoms with Crippen LogP contribution in [-0.4, -0.2) is 19.0 Å². The molecule has 0 aromatic rings. The molecule has 0 aromatic carbocycles. The standard InChI is InChI=1S/C7H13N3/c1-3-9-7-6(2)4-8-5-10-7/h4,8H,3,5H2,1-2H3,(H,9,10). The van der Waals surface area contributed by atoms with Crippen LogP contribution in [0.3, 0.4) is 0 Å². The summed E-state index contributed by atoms with van der Waals surface area (Å²) in [6.45, 7) is 5.73. The van der Waals surface area contributed by atoms with Crippen LogP contribution in [-0.2, 0) is 0 Å². The van der Waals surface area contributed by atoms with Crippen molar-refractivity contribution in [1.82, 2.24) is 10.6 Å². The van der Waals surface area contributed by atoms with Gasteiger partial charge in [0.25, 0.3) is 0 Å². The Morgan fingerprint density at radius 1 is 1.80 bits per heavy atom. The number of hydrogen-bond acceptors (Lipinski definition) is 3. The van der Waals surface area contributed by atoms with E-state index >= 15 is 0 Å². The van der Waals surface area contributed by atoms with Gasteiger partial charge < -0.3 is 10.6 Å². The molecule has 0 saturated carbocycles. The fourth-order valence-corrected chi connectivity index (χ4v) is 0.879. The van der Waals surface area contributed by atoms with Crippen molar-refractivity contribution in [2.45, 2.75) is 13.8 Å². The predicted octanol–water partition coefficient (Wildman–Crippen LogP) is 0.459. The lowest BCUT2D eigenvalue weighted by molar-refractivity contribution is 0.833. The van der Waals surface area contributed by atoms with Crippen LogP contribution in [0.15, 0.2) is 16.8 Å². The highest BCUT2D eigenvalue weighted by atomic mass is 15.1. The van der Waals surface area contributed by atoms with E-state index in [9.17, 15) is 0 Å². The Morgan fingerprint density at radius 3 is 3.20 bits per heavy atom. The quantitative estimate of drug-likeness (QED) is 0.553. The number of aliphatic imine (C=N–C) groups is 1. The van der Waals surface area contributed by atoms with Crippen molar-refractivity contribution in [1.29, 1.82) is 0 Å². The minimum atomic E-state index is 0.694. The minimum absolute atomic E-state index is 0.694. The summed E-state index contributed by atoms with van der Waals surface area (Å²) >= 11 is 0. The van der Waals surface area contributed by atoms with Crippen molar-refractivity contribution in [2.75, 3.05) is 13.2 Å². The van der Waals surface area contributed by atoms with E-state index in [0.717, 1.165) is 12.4 Å². The third-order valence-corrected chi connectivity index (χ3v) is 1.36. The summed E-state index contributed by atoms with van der Waals surface area (Å²) in [7, 11) is 0. The van der Waals surface area contributed by atoms with Gasteiger partial charge in [-0.15, -0.1) is 0 Å². The number of rotatable bonds is 1. The topological polar surface area (TPSA) is 36.4 Å². The van der Waals surface area contributed by atoms with Gasteiger partial charge in [-0.05, 0) is 13.8 Å². The molecule has 3 nitrogen and oxygen atoms in total. The Morgan fingerprint density at radius 2 is 2.60 bits per heavy atom. The summed E-state index contributed by atoms with van der Waals surface area (Å²) in [6, 6.07) is 0. The molecule has 56 valence electrons. The molecule has 0 atom stereocenters. The number of likely N-dealkylation sites (N-methyl/N-ethyl adjacent to an activating group) is 1. The third-order valence-electron chi connectivity index (χ3n) is 1.36. The van der Waals surface area contributed by atoms with Gasteiger partial charge in [0.1, 0.15) is 12.5 Å². The Kier molecular flexibility index (Phi) is 2.31. The molecule has 1 aliphatic rings. The van der Waals surface area contributed by atoms with Crippen LogP contribution in [0.4, 0.5) is 0 Å². The third kappa shape index (κ3) is 1.50. The Labute approximate surface area is 61.2 Å². The van der Waals surface area contributed by atoms with E-state index in [4.69, 9.17) is 0 Å². The molecular weight excluding hydrogens is 126 g/mol. The van der Waals surface area contributed by atoms with Gasteiger partial charge in [-0.3, -0.25) is 0 Å². The van der Waals surface area contributed by atoms with Crippen LogP contribution in [0.5, 0.6) is 0 Å². The molecule has 1 heterocycles. The lowest BCUT2D eigenvalue weighted by Gasteiger charge is -2.13. The predicted molar refractivity (Wildman–Crippen MR) is 42.9 cm³/mol. The summed E-state index contributed by atoms with van der Waals surface area (Å²) in [4.78, 5) is 4.23. The molecular formula is C7H13N3. The Hall–Kier alpha value is -0.990. The van der Waals surface area contributed by atoms with Gasteiger partial charge in [-0.1, -0.05) is 0 Å². The van der Waals surface area contributed by atoms with Crippen molar-refractivity contribution in [2.24, 2.45) is 4.99 Å². The first-order valence-corrected chi connectivity index (χ1v) is 3.53. The molecule has 0 spiro atoms.